The Morgan fingerprint density at radius 2 is 1.56 bits per heavy atom. The lowest BCUT2D eigenvalue weighted by Gasteiger charge is -2.31. The van der Waals surface area contributed by atoms with Crippen LogP contribution in [0.3, 0.4) is 0 Å². The Morgan fingerprint density at radius 3 is 2.18 bits per heavy atom. The van der Waals surface area contributed by atoms with Crippen molar-refractivity contribution >= 4 is 50.7 Å². The molecule has 0 spiro atoms. The number of hydrogen-bond acceptors (Lipinski definition) is 4. The Morgan fingerprint density at radius 1 is 0.923 bits per heavy atom. The molecule has 1 atom stereocenters. The van der Waals surface area contributed by atoms with E-state index in [1.54, 1.807) is 49.2 Å². The van der Waals surface area contributed by atoms with Crippen LogP contribution in [0.4, 0.5) is 5.69 Å². The first-order chi connectivity index (χ1) is 18.5. The van der Waals surface area contributed by atoms with E-state index in [1.807, 2.05) is 42.5 Å². The van der Waals surface area contributed by atoms with E-state index in [1.165, 1.54) is 4.31 Å². The van der Waals surface area contributed by atoms with Crippen molar-refractivity contribution in [2.75, 3.05) is 24.2 Å². The molecule has 3 rings (SSSR count). The van der Waals surface area contributed by atoms with Gasteiger partial charge in [-0.3, -0.25) is 13.9 Å². The van der Waals surface area contributed by atoms with Crippen LogP contribution in [0.5, 0.6) is 0 Å². The van der Waals surface area contributed by atoms with Gasteiger partial charge >= 0.3 is 0 Å². The smallest absolute Gasteiger partial charge is 0.242 e. The van der Waals surface area contributed by atoms with Gasteiger partial charge in [0.05, 0.1) is 11.9 Å². The summed E-state index contributed by atoms with van der Waals surface area (Å²) in [6.45, 7) is 2.09. The van der Waals surface area contributed by atoms with Crippen LogP contribution in [0, 0.1) is 6.92 Å². The Hall–Kier alpha value is -3.07. The molecule has 0 fully saturated rings. The van der Waals surface area contributed by atoms with Crippen molar-refractivity contribution in [2.24, 2.45) is 0 Å². The molecular weight excluding hydrogens is 557 g/mol. The molecule has 208 valence electrons. The van der Waals surface area contributed by atoms with Crippen LogP contribution in [0.1, 0.15) is 29.5 Å². The Kier molecular flexibility index (Phi) is 10.8. The standard InChI is InChI=1S/C29H33Cl2N3O4S/c1-21-11-14-25(31)19-26(21)34(39(3,37)38)17-7-10-28(35)33(20-23-12-15-24(30)16-13-23)27(29(36)32-2)18-22-8-5-4-6-9-22/h4-6,8-9,11-16,19,27H,7,10,17-18,20H2,1-3H3,(H,32,36)/t27-/m1/s1. The van der Waals surface area contributed by atoms with Crippen molar-refractivity contribution in [3.05, 3.63) is 99.5 Å². The van der Waals surface area contributed by atoms with Crippen LogP contribution in [-0.4, -0.2) is 51.0 Å². The number of amides is 2. The zero-order valence-electron chi connectivity index (χ0n) is 22.2. The average molecular weight is 591 g/mol. The molecule has 3 aromatic carbocycles. The SMILES string of the molecule is CNC(=O)[C@@H](Cc1ccccc1)N(Cc1ccc(Cl)cc1)C(=O)CCCN(c1cc(Cl)ccc1C)S(C)(=O)=O. The Balaban J connectivity index is 1.86. The van der Waals surface area contributed by atoms with Gasteiger partial charge in [0, 0.05) is 43.0 Å². The van der Waals surface area contributed by atoms with Crippen LogP contribution >= 0.6 is 23.2 Å². The summed E-state index contributed by atoms with van der Waals surface area (Å²) < 4.78 is 26.5. The molecule has 0 heterocycles. The summed E-state index contributed by atoms with van der Waals surface area (Å²) in [5.41, 5.74) is 2.97. The zero-order valence-corrected chi connectivity index (χ0v) is 24.6. The van der Waals surface area contributed by atoms with Crippen molar-refractivity contribution in [3.8, 4) is 0 Å². The van der Waals surface area contributed by atoms with E-state index in [4.69, 9.17) is 23.2 Å². The molecule has 0 bridgehead atoms. The van der Waals surface area contributed by atoms with Gasteiger partial charge in [0.1, 0.15) is 6.04 Å². The maximum absolute atomic E-state index is 13.7. The average Bonchev–Trinajstić information content (AvgIpc) is 2.90. The van der Waals surface area contributed by atoms with Gasteiger partial charge < -0.3 is 10.2 Å². The second-order valence-corrected chi connectivity index (χ2v) is 12.1. The second-order valence-electron chi connectivity index (χ2n) is 9.34. The number of likely N-dealkylation sites (N-methyl/N-ethyl adjacent to an activating group) is 1. The number of halogens is 2. The molecule has 10 heteroatoms. The van der Waals surface area contributed by atoms with E-state index in [9.17, 15) is 18.0 Å². The molecule has 3 aromatic rings. The molecule has 0 aliphatic carbocycles. The van der Waals surface area contributed by atoms with Gasteiger partial charge in [0.15, 0.2) is 0 Å². The molecule has 0 radical (unpaired) electrons. The van der Waals surface area contributed by atoms with Crippen molar-refractivity contribution in [2.45, 2.75) is 38.8 Å². The van der Waals surface area contributed by atoms with Crippen molar-refractivity contribution < 1.29 is 18.0 Å². The van der Waals surface area contributed by atoms with E-state index < -0.39 is 16.1 Å². The number of rotatable bonds is 12. The molecule has 2 amide bonds. The lowest BCUT2D eigenvalue weighted by molar-refractivity contribution is -0.141. The fourth-order valence-corrected chi connectivity index (χ4v) is 5.65. The van der Waals surface area contributed by atoms with Crippen LogP contribution in [0.15, 0.2) is 72.8 Å². The molecule has 1 N–H and O–H groups in total. The van der Waals surface area contributed by atoms with E-state index in [0.717, 1.165) is 22.9 Å². The van der Waals surface area contributed by atoms with Crippen LogP contribution in [0.25, 0.3) is 0 Å². The first-order valence-corrected chi connectivity index (χ1v) is 15.1. The summed E-state index contributed by atoms with van der Waals surface area (Å²) in [6.07, 6.45) is 1.75. The van der Waals surface area contributed by atoms with Gasteiger partial charge in [-0.15, -0.1) is 0 Å². The third-order valence-corrected chi connectivity index (χ3v) is 8.04. The number of sulfonamides is 1. The van der Waals surface area contributed by atoms with E-state index in [2.05, 4.69) is 5.32 Å². The van der Waals surface area contributed by atoms with Crippen LogP contribution < -0.4 is 9.62 Å². The molecule has 0 aliphatic rings. The normalized spacial score (nSPS) is 12.0. The monoisotopic (exact) mass is 589 g/mol. The zero-order chi connectivity index (χ0) is 28.6. The van der Waals surface area contributed by atoms with Crippen LogP contribution in [0.2, 0.25) is 10.0 Å². The first kappa shape index (κ1) is 30.5. The molecule has 0 saturated carbocycles. The quantitative estimate of drug-likeness (QED) is 0.313. The molecule has 0 unspecified atom stereocenters. The third kappa shape index (κ3) is 8.71. The number of carbonyl (C=O) groups excluding carboxylic acids is 2. The highest BCUT2D eigenvalue weighted by Crippen LogP contribution is 2.27. The predicted molar refractivity (Wildman–Crippen MR) is 158 cm³/mol. The van der Waals surface area contributed by atoms with Gasteiger partial charge in [0.25, 0.3) is 0 Å². The maximum Gasteiger partial charge on any atom is 0.242 e. The molecular formula is C29H33Cl2N3O4S. The summed E-state index contributed by atoms with van der Waals surface area (Å²) in [5, 5.41) is 3.68. The summed E-state index contributed by atoms with van der Waals surface area (Å²) >= 11 is 12.2. The van der Waals surface area contributed by atoms with Gasteiger partial charge in [0.2, 0.25) is 21.8 Å². The number of benzene rings is 3. The van der Waals surface area contributed by atoms with Crippen molar-refractivity contribution in [3.63, 3.8) is 0 Å². The topological polar surface area (TPSA) is 86.8 Å². The summed E-state index contributed by atoms with van der Waals surface area (Å²) in [7, 11) is -2.09. The second kappa shape index (κ2) is 13.8. The van der Waals surface area contributed by atoms with E-state index >= 15 is 0 Å². The summed E-state index contributed by atoms with van der Waals surface area (Å²) in [4.78, 5) is 28.3. The van der Waals surface area contributed by atoms with Crippen molar-refractivity contribution in [1.29, 1.82) is 0 Å². The minimum absolute atomic E-state index is 0.0432. The largest absolute Gasteiger partial charge is 0.357 e. The van der Waals surface area contributed by atoms with Crippen LogP contribution in [-0.2, 0) is 32.6 Å². The number of hydrogen-bond donors (Lipinski definition) is 1. The summed E-state index contributed by atoms with van der Waals surface area (Å²) in [5.74, 6) is -0.542. The summed E-state index contributed by atoms with van der Waals surface area (Å²) in [6, 6.07) is 20.9. The number of anilines is 1. The highest BCUT2D eigenvalue weighted by molar-refractivity contribution is 7.92. The van der Waals surface area contributed by atoms with E-state index in [-0.39, 0.29) is 37.7 Å². The number of nitrogens with zero attached hydrogens (tertiary/aromatic N) is 2. The first-order valence-electron chi connectivity index (χ1n) is 12.5. The predicted octanol–water partition coefficient (Wildman–Crippen LogP) is 5.23. The molecule has 7 nitrogen and oxygen atoms in total. The van der Waals surface area contributed by atoms with Crippen molar-refractivity contribution in [1.82, 2.24) is 10.2 Å². The third-order valence-electron chi connectivity index (χ3n) is 6.38. The maximum atomic E-state index is 13.7. The fraction of sp³-hybridized carbons (Fsp3) is 0.310. The van der Waals surface area contributed by atoms with Gasteiger partial charge in [-0.1, -0.05) is 71.7 Å². The molecule has 0 saturated heterocycles. The number of nitrogens with one attached hydrogen (secondary N) is 1. The van der Waals surface area contributed by atoms with Gasteiger partial charge in [-0.25, -0.2) is 8.42 Å². The highest BCUT2D eigenvalue weighted by Gasteiger charge is 2.30. The molecule has 39 heavy (non-hydrogen) atoms. The van der Waals surface area contributed by atoms with E-state index in [0.29, 0.717) is 22.2 Å². The fourth-order valence-electron chi connectivity index (χ4n) is 4.34. The lowest BCUT2D eigenvalue weighted by atomic mass is 10.0. The Labute approximate surface area is 240 Å². The van der Waals surface area contributed by atoms with Gasteiger partial charge in [-0.2, -0.15) is 0 Å². The molecule has 0 aliphatic heterocycles. The van der Waals surface area contributed by atoms with Gasteiger partial charge in [-0.05, 0) is 54.3 Å². The number of aryl methyl sites for hydroxylation is 1. The minimum atomic E-state index is -3.63. The minimum Gasteiger partial charge on any atom is -0.357 e. The number of carbonyl (C=O) groups is 2. The highest BCUT2D eigenvalue weighted by atomic mass is 35.5. The lowest BCUT2D eigenvalue weighted by Crippen LogP contribution is -2.49. The molecule has 0 aromatic heterocycles. The Bertz CT molecular complexity index is 1380.